The van der Waals surface area contributed by atoms with Crippen LogP contribution >= 0.6 is 0 Å². The largest absolute Gasteiger partial charge is 0.386 e. The molecule has 0 aromatic heterocycles. The van der Waals surface area contributed by atoms with Crippen molar-refractivity contribution in [3.8, 4) is 0 Å². The van der Waals surface area contributed by atoms with Gasteiger partial charge in [-0.3, -0.25) is 0 Å². The van der Waals surface area contributed by atoms with E-state index in [4.69, 9.17) is 0 Å². The number of hydrogen-bond acceptors (Lipinski definition) is 1. The minimum atomic E-state index is -0.511. The molecule has 86 valence electrons. The van der Waals surface area contributed by atoms with E-state index in [1.165, 1.54) is 32.1 Å². The summed E-state index contributed by atoms with van der Waals surface area (Å²) in [6.45, 7) is 4.33. The Bertz CT molecular complexity index is 250. The maximum Gasteiger partial charge on any atom is 0.0853 e. The summed E-state index contributed by atoms with van der Waals surface area (Å²) in [7, 11) is 0. The van der Waals surface area contributed by atoms with Gasteiger partial charge in [-0.15, -0.1) is 0 Å². The van der Waals surface area contributed by atoms with Gasteiger partial charge in [-0.05, 0) is 37.0 Å². The summed E-state index contributed by atoms with van der Waals surface area (Å²) in [6, 6.07) is 0. The van der Waals surface area contributed by atoms with Crippen molar-refractivity contribution < 1.29 is 5.11 Å². The molecule has 1 nitrogen and oxygen atoms in total. The highest BCUT2D eigenvalue weighted by molar-refractivity contribution is 5.15. The third-order valence-electron chi connectivity index (χ3n) is 4.81. The van der Waals surface area contributed by atoms with Crippen molar-refractivity contribution in [2.75, 3.05) is 0 Å². The van der Waals surface area contributed by atoms with Crippen LogP contribution in [0.5, 0.6) is 0 Å². The molecule has 0 aromatic rings. The quantitative estimate of drug-likeness (QED) is 0.686. The molecule has 0 heterocycles. The predicted octanol–water partition coefficient (Wildman–Crippen LogP) is 3.67. The topological polar surface area (TPSA) is 20.2 Å². The summed E-state index contributed by atoms with van der Waals surface area (Å²) in [5.74, 6) is 0.396. The lowest BCUT2D eigenvalue weighted by atomic mass is 9.69. The lowest BCUT2D eigenvalue weighted by molar-refractivity contribution is 0.00673. The fraction of sp³-hybridized carbons (Fsp3) is 0.857. The molecule has 2 unspecified atom stereocenters. The average molecular weight is 208 g/mol. The van der Waals surface area contributed by atoms with Crippen LogP contribution in [0.2, 0.25) is 0 Å². The summed E-state index contributed by atoms with van der Waals surface area (Å²) in [4.78, 5) is 0. The molecule has 0 aromatic carbocycles. The molecule has 0 aliphatic heterocycles. The Hall–Kier alpha value is -0.300. The molecule has 1 spiro atoms. The molecule has 0 bridgehead atoms. The van der Waals surface area contributed by atoms with E-state index in [0.29, 0.717) is 11.3 Å². The average Bonchev–Trinajstić information content (AvgIpc) is 2.71. The molecule has 2 aliphatic carbocycles. The van der Waals surface area contributed by atoms with Crippen LogP contribution in [0.1, 0.15) is 58.8 Å². The summed E-state index contributed by atoms with van der Waals surface area (Å²) < 4.78 is 0. The zero-order valence-corrected chi connectivity index (χ0v) is 10.1. The highest BCUT2D eigenvalue weighted by atomic mass is 16.3. The standard InChI is InChI=1S/C14H24O/c1-3-12(2)14(15)10-8-13(9-11-14)6-4-5-7-13/h8,10,12,15H,3-7,9,11H2,1-2H3. The summed E-state index contributed by atoms with van der Waals surface area (Å²) in [5, 5.41) is 10.5. The van der Waals surface area contributed by atoms with Crippen molar-refractivity contribution in [2.45, 2.75) is 64.4 Å². The molecular formula is C14H24O. The van der Waals surface area contributed by atoms with Gasteiger partial charge in [0, 0.05) is 0 Å². The predicted molar refractivity (Wildman–Crippen MR) is 63.7 cm³/mol. The summed E-state index contributed by atoms with van der Waals surface area (Å²) >= 11 is 0. The van der Waals surface area contributed by atoms with E-state index >= 15 is 0 Å². The van der Waals surface area contributed by atoms with Gasteiger partial charge in [-0.25, -0.2) is 0 Å². The molecule has 0 radical (unpaired) electrons. The normalized spacial score (nSPS) is 35.9. The zero-order valence-electron chi connectivity index (χ0n) is 10.1. The second kappa shape index (κ2) is 3.93. The van der Waals surface area contributed by atoms with Crippen molar-refractivity contribution in [1.82, 2.24) is 0 Å². The lowest BCUT2D eigenvalue weighted by Gasteiger charge is -2.40. The minimum absolute atomic E-state index is 0.396. The monoisotopic (exact) mass is 208 g/mol. The van der Waals surface area contributed by atoms with Crippen LogP contribution in [0.15, 0.2) is 12.2 Å². The molecule has 1 fully saturated rings. The van der Waals surface area contributed by atoms with E-state index in [-0.39, 0.29) is 0 Å². The third kappa shape index (κ3) is 1.99. The van der Waals surface area contributed by atoms with Crippen LogP contribution in [0, 0.1) is 11.3 Å². The second-order valence-electron chi connectivity index (χ2n) is 5.70. The van der Waals surface area contributed by atoms with Crippen molar-refractivity contribution in [2.24, 2.45) is 11.3 Å². The fourth-order valence-electron chi connectivity index (χ4n) is 3.20. The Morgan fingerprint density at radius 3 is 2.27 bits per heavy atom. The zero-order chi connectivity index (χ0) is 10.9. The van der Waals surface area contributed by atoms with Crippen molar-refractivity contribution >= 4 is 0 Å². The molecule has 2 aliphatic rings. The Balaban J connectivity index is 2.10. The van der Waals surface area contributed by atoms with Gasteiger partial charge in [0.2, 0.25) is 0 Å². The molecule has 2 rings (SSSR count). The highest BCUT2D eigenvalue weighted by Gasteiger charge is 2.40. The van der Waals surface area contributed by atoms with Crippen LogP contribution < -0.4 is 0 Å². The Morgan fingerprint density at radius 1 is 1.13 bits per heavy atom. The van der Waals surface area contributed by atoms with E-state index in [9.17, 15) is 5.11 Å². The molecule has 0 saturated heterocycles. The lowest BCUT2D eigenvalue weighted by Crippen LogP contribution is -2.39. The molecule has 0 amide bonds. The van der Waals surface area contributed by atoms with E-state index in [1.807, 2.05) is 0 Å². The Labute approximate surface area is 93.6 Å². The Kier molecular flexibility index (Phi) is 2.94. The van der Waals surface area contributed by atoms with Gasteiger partial charge in [-0.2, -0.15) is 0 Å². The van der Waals surface area contributed by atoms with Crippen molar-refractivity contribution in [1.29, 1.82) is 0 Å². The van der Waals surface area contributed by atoms with Crippen LogP contribution in [0.25, 0.3) is 0 Å². The maximum atomic E-state index is 10.5. The molecule has 15 heavy (non-hydrogen) atoms. The maximum absolute atomic E-state index is 10.5. The first-order valence-electron chi connectivity index (χ1n) is 6.53. The van der Waals surface area contributed by atoms with Crippen molar-refractivity contribution in [3.63, 3.8) is 0 Å². The number of rotatable bonds is 2. The van der Waals surface area contributed by atoms with Gasteiger partial charge in [0.25, 0.3) is 0 Å². The Morgan fingerprint density at radius 2 is 1.80 bits per heavy atom. The van der Waals surface area contributed by atoms with Crippen LogP contribution in [0.3, 0.4) is 0 Å². The molecule has 1 N–H and O–H groups in total. The van der Waals surface area contributed by atoms with Gasteiger partial charge in [0.1, 0.15) is 0 Å². The number of aliphatic hydroxyl groups is 1. The fourth-order valence-corrected chi connectivity index (χ4v) is 3.20. The van der Waals surface area contributed by atoms with Gasteiger partial charge >= 0.3 is 0 Å². The van der Waals surface area contributed by atoms with Gasteiger partial charge in [0.15, 0.2) is 0 Å². The van der Waals surface area contributed by atoms with Crippen LogP contribution in [0.4, 0.5) is 0 Å². The first-order valence-corrected chi connectivity index (χ1v) is 6.53. The van der Waals surface area contributed by atoms with Gasteiger partial charge in [-0.1, -0.05) is 45.3 Å². The van der Waals surface area contributed by atoms with E-state index in [2.05, 4.69) is 26.0 Å². The van der Waals surface area contributed by atoms with Crippen molar-refractivity contribution in [3.05, 3.63) is 12.2 Å². The van der Waals surface area contributed by atoms with Gasteiger partial charge in [0.05, 0.1) is 5.60 Å². The molecular weight excluding hydrogens is 184 g/mol. The molecule has 2 atom stereocenters. The molecule has 1 heteroatoms. The van der Waals surface area contributed by atoms with Crippen LogP contribution in [-0.4, -0.2) is 10.7 Å². The smallest absolute Gasteiger partial charge is 0.0853 e. The third-order valence-corrected chi connectivity index (χ3v) is 4.81. The second-order valence-corrected chi connectivity index (χ2v) is 5.70. The van der Waals surface area contributed by atoms with Gasteiger partial charge < -0.3 is 5.11 Å². The van der Waals surface area contributed by atoms with Crippen LogP contribution in [-0.2, 0) is 0 Å². The molecule has 1 saturated carbocycles. The van der Waals surface area contributed by atoms with E-state index in [1.54, 1.807) is 0 Å². The highest BCUT2D eigenvalue weighted by Crippen LogP contribution is 2.48. The summed E-state index contributed by atoms with van der Waals surface area (Å²) in [6.07, 6.45) is 13.2. The summed E-state index contributed by atoms with van der Waals surface area (Å²) in [5.41, 5.74) is -0.0394. The first-order chi connectivity index (χ1) is 7.10. The SMILES string of the molecule is CCC(C)C1(O)C=CC2(CCCC2)CC1. The van der Waals surface area contributed by atoms with E-state index < -0.39 is 5.60 Å². The number of allylic oxidation sites excluding steroid dienone is 1. The minimum Gasteiger partial charge on any atom is -0.386 e. The van der Waals surface area contributed by atoms with E-state index in [0.717, 1.165) is 12.8 Å². The first kappa shape index (κ1) is 11.2. The number of hydrogen-bond donors (Lipinski definition) is 1.